The largest absolute Gasteiger partial charge is 0.323 e. The van der Waals surface area contributed by atoms with Gasteiger partial charge in [0, 0.05) is 17.1 Å². The van der Waals surface area contributed by atoms with Gasteiger partial charge in [0.15, 0.2) is 5.82 Å². The number of benzene rings is 1. The Labute approximate surface area is 111 Å². The maximum absolute atomic E-state index is 4.45. The number of hydrogen-bond acceptors (Lipinski definition) is 4. The maximum Gasteiger partial charge on any atom is 0.161 e. The van der Waals surface area contributed by atoms with Crippen molar-refractivity contribution < 1.29 is 0 Å². The minimum absolute atomic E-state index is 0.750. The van der Waals surface area contributed by atoms with Crippen LogP contribution in [0.2, 0.25) is 0 Å². The molecule has 0 saturated heterocycles. The van der Waals surface area contributed by atoms with Crippen molar-refractivity contribution >= 4 is 22.5 Å². The molecule has 3 aromatic rings. The average Bonchev–Trinajstić information content (AvgIpc) is 2.83. The highest BCUT2D eigenvalue weighted by atomic mass is 15.2. The number of aryl methyl sites for hydroxylation is 2. The second-order valence-electron chi connectivity index (χ2n) is 4.39. The summed E-state index contributed by atoms with van der Waals surface area (Å²) in [6.45, 7) is 3.97. The number of nitrogens with one attached hydrogen (secondary N) is 2. The molecule has 0 unspecified atom stereocenters. The zero-order valence-electron chi connectivity index (χ0n) is 10.9. The van der Waals surface area contributed by atoms with Crippen LogP contribution in [0.4, 0.5) is 11.6 Å². The topological polar surface area (TPSA) is 66.5 Å². The Balaban J connectivity index is 2.03. The van der Waals surface area contributed by atoms with Crippen LogP contribution in [0.3, 0.4) is 0 Å². The zero-order valence-corrected chi connectivity index (χ0v) is 10.9. The lowest BCUT2D eigenvalue weighted by Crippen LogP contribution is -2.02. The molecular weight excluding hydrogens is 238 g/mol. The van der Waals surface area contributed by atoms with Crippen molar-refractivity contribution in [3.05, 3.63) is 41.9 Å². The third kappa shape index (κ3) is 2.14. The van der Waals surface area contributed by atoms with Gasteiger partial charge in [0.2, 0.25) is 0 Å². The molecule has 3 rings (SSSR count). The van der Waals surface area contributed by atoms with Gasteiger partial charge in [-0.3, -0.25) is 5.10 Å². The third-order valence-corrected chi connectivity index (χ3v) is 3.07. The molecule has 2 aromatic heterocycles. The average molecular weight is 253 g/mol. The first kappa shape index (κ1) is 11.6. The van der Waals surface area contributed by atoms with E-state index in [9.17, 15) is 0 Å². The zero-order chi connectivity index (χ0) is 13.2. The summed E-state index contributed by atoms with van der Waals surface area (Å²) in [6, 6.07) is 8.01. The van der Waals surface area contributed by atoms with E-state index >= 15 is 0 Å². The molecule has 96 valence electrons. The number of fused-ring (bicyclic) bond motifs is 1. The molecule has 0 bridgehead atoms. The summed E-state index contributed by atoms with van der Waals surface area (Å²) < 4.78 is 0. The fourth-order valence-corrected chi connectivity index (χ4v) is 2.03. The number of rotatable bonds is 3. The molecule has 0 spiro atoms. The molecule has 0 aliphatic carbocycles. The lowest BCUT2D eigenvalue weighted by molar-refractivity contribution is 0.991. The number of para-hydroxylation sites is 1. The first-order chi connectivity index (χ1) is 9.28. The van der Waals surface area contributed by atoms with Gasteiger partial charge in [-0.2, -0.15) is 5.10 Å². The van der Waals surface area contributed by atoms with Gasteiger partial charge in [0.05, 0.1) is 5.52 Å². The Morgan fingerprint density at radius 1 is 1.21 bits per heavy atom. The molecule has 0 fully saturated rings. The molecule has 5 nitrogen and oxygen atoms in total. The van der Waals surface area contributed by atoms with Gasteiger partial charge in [0.1, 0.15) is 11.6 Å². The van der Waals surface area contributed by atoms with Crippen molar-refractivity contribution in [2.45, 2.75) is 20.3 Å². The Kier molecular flexibility index (Phi) is 2.87. The van der Waals surface area contributed by atoms with E-state index in [0.717, 1.165) is 40.3 Å². The predicted molar refractivity (Wildman–Crippen MR) is 75.5 cm³/mol. The van der Waals surface area contributed by atoms with E-state index in [1.54, 1.807) is 0 Å². The predicted octanol–water partition coefficient (Wildman–Crippen LogP) is 2.97. The summed E-state index contributed by atoms with van der Waals surface area (Å²) in [5.41, 5.74) is 2.09. The van der Waals surface area contributed by atoms with Gasteiger partial charge in [-0.15, -0.1) is 0 Å². The van der Waals surface area contributed by atoms with Crippen LogP contribution in [0.25, 0.3) is 10.9 Å². The van der Waals surface area contributed by atoms with E-state index in [1.165, 1.54) is 0 Å². The van der Waals surface area contributed by atoms with Crippen molar-refractivity contribution in [1.82, 2.24) is 20.2 Å². The van der Waals surface area contributed by atoms with Crippen LogP contribution >= 0.6 is 0 Å². The first-order valence-corrected chi connectivity index (χ1v) is 6.30. The van der Waals surface area contributed by atoms with E-state index < -0.39 is 0 Å². The number of H-pyrrole nitrogens is 1. The normalized spacial score (nSPS) is 10.8. The van der Waals surface area contributed by atoms with Crippen LogP contribution in [-0.2, 0) is 6.42 Å². The third-order valence-electron chi connectivity index (χ3n) is 3.07. The number of hydrogen-bond donors (Lipinski definition) is 2. The molecule has 0 radical (unpaired) electrons. The van der Waals surface area contributed by atoms with Crippen LogP contribution in [0.1, 0.15) is 18.3 Å². The van der Waals surface area contributed by atoms with E-state index in [0.29, 0.717) is 0 Å². The van der Waals surface area contributed by atoms with Crippen molar-refractivity contribution in [2.75, 3.05) is 5.32 Å². The van der Waals surface area contributed by atoms with Gasteiger partial charge in [-0.05, 0) is 25.5 Å². The molecule has 5 heteroatoms. The second kappa shape index (κ2) is 4.68. The lowest BCUT2D eigenvalue weighted by atomic mass is 10.2. The standard InChI is InChI=1S/C14H15N5/c1-3-10-8-15-9(2)16-13(10)17-14-11-6-4-5-7-12(11)18-19-14/h4-8H,3H2,1-2H3,(H2,15,16,17,18,19). The van der Waals surface area contributed by atoms with E-state index in [4.69, 9.17) is 0 Å². The Hall–Kier alpha value is -2.43. The van der Waals surface area contributed by atoms with Crippen molar-refractivity contribution in [2.24, 2.45) is 0 Å². The maximum atomic E-state index is 4.45. The summed E-state index contributed by atoms with van der Waals surface area (Å²) in [5.74, 6) is 2.37. The number of aromatic nitrogens is 4. The SMILES string of the molecule is CCc1cnc(C)nc1Nc1n[nH]c2ccccc12. The van der Waals surface area contributed by atoms with E-state index in [-0.39, 0.29) is 0 Å². The van der Waals surface area contributed by atoms with Crippen molar-refractivity contribution in [3.8, 4) is 0 Å². The Morgan fingerprint density at radius 2 is 2.05 bits per heavy atom. The molecule has 1 aromatic carbocycles. The summed E-state index contributed by atoms with van der Waals surface area (Å²) in [4.78, 5) is 8.67. The van der Waals surface area contributed by atoms with Gasteiger partial charge in [-0.1, -0.05) is 19.1 Å². The van der Waals surface area contributed by atoms with Crippen LogP contribution in [-0.4, -0.2) is 20.2 Å². The van der Waals surface area contributed by atoms with Crippen molar-refractivity contribution in [1.29, 1.82) is 0 Å². The molecule has 2 heterocycles. The molecule has 0 aliphatic heterocycles. The fraction of sp³-hybridized carbons (Fsp3) is 0.214. The van der Waals surface area contributed by atoms with E-state index in [2.05, 4.69) is 32.4 Å². The van der Waals surface area contributed by atoms with Crippen molar-refractivity contribution in [3.63, 3.8) is 0 Å². The minimum Gasteiger partial charge on any atom is -0.323 e. The number of anilines is 2. The molecular formula is C14H15N5. The molecule has 0 saturated carbocycles. The lowest BCUT2D eigenvalue weighted by Gasteiger charge is -2.08. The van der Waals surface area contributed by atoms with E-state index in [1.807, 2.05) is 37.4 Å². The Bertz CT molecular complexity index is 717. The Morgan fingerprint density at radius 3 is 2.89 bits per heavy atom. The van der Waals surface area contributed by atoms with Gasteiger partial charge >= 0.3 is 0 Å². The van der Waals surface area contributed by atoms with Crippen LogP contribution in [0, 0.1) is 6.92 Å². The van der Waals surface area contributed by atoms with Crippen LogP contribution < -0.4 is 5.32 Å². The molecule has 0 amide bonds. The van der Waals surface area contributed by atoms with Crippen LogP contribution in [0.5, 0.6) is 0 Å². The second-order valence-corrected chi connectivity index (χ2v) is 4.39. The molecule has 2 N–H and O–H groups in total. The first-order valence-electron chi connectivity index (χ1n) is 6.30. The smallest absolute Gasteiger partial charge is 0.161 e. The molecule has 0 aliphatic rings. The molecule has 0 atom stereocenters. The summed E-state index contributed by atoms with van der Waals surface area (Å²) in [5, 5.41) is 11.7. The van der Waals surface area contributed by atoms with Gasteiger partial charge in [-0.25, -0.2) is 9.97 Å². The summed E-state index contributed by atoms with van der Waals surface area (Å²) >= 11 is 0. The quantitative estimate of drug-likeness (QED) is 0.753. The monoisotopic (exact) mass is 253 g/mol. The summed E-state index contributed by atoms with van der Waals surface area (Å²) in [7, 11) is 0. The van der Waals surface area contributed by atoms with Crippen LogP contribution in [0.15, 0.2) is 30.5 Å². The highest BCUT2D eigenvalue weighted by Crippen LogP contribution is 2.24. The fourth-order valence-electron chi connectivity index (χ4n) is 2.03. The van der Waals surface area contributed by atoms with Gasteiger partial charge in [0.25, 0.3) is 0 Å². The number of nitrogens with zero attached hydrogens (tertiary/aromatic N) is 3. The summed E-state index contributed by atoms with van der Waals surface area (Å²) in [6.07, 6.45) is 2.74. The minimum atomic E-state index is 0.750. The highest BCUT2D eigenvalue weighted by Gasteiger charge is 2.09. The van der Waals surface area contributed by atoms with Gasteiger partial charge < -0.3 is 5.32 Å². The molecule has 19 heavy (non-hydrogen) atoms. The number of aromatic amines is 1. The highest BCUT2D eigenvalue weighted by molar-refractivity contribution is 5.91.